The molecule has 0 heterocycles. The molecule has 1 atom stereocenters. The molecular weight excluding hydrogens is 188 g/mol. The van der Waals surface area contributed by atoms with Crippen molar-refractivity contribution in [3.8, 4) is 0 Å². The molecule has 0 N–H and O–H groups in total. The number of carbonyl (C=O) groups excluding carboxylic acids is 1. The number of carbonyl (C=O) groups is 1. The minimum atomic E-state index is -0.0758. The van der Waals surface area contributed by atoms with Crippen molar-refractivity contribution in [3.63, 3.8) is 0 Å². The number of ether oxygens (including phenoxy) is 1. The van der Waals surface area contributed by atoms with Crippen LogP contribution in [0, 0.1) is 11.8 Å². The van der Waals surface area contributed by atoms with Crippen LogP contribution < -0.4 is 0 Å². The van der Waals surface area contributed by atoms with Gasteiger partial charge in [-0.1, -0.05) is 26.7 Å². The molecule has 0 amide bonds. The van der Waals surface area contributed by atoms with Crippen LogP contribution in [0.3, 0.4) is 0 Å². The zero-order valence-corrected chi connectivity index (χ0v) is 9.87. The second-order valence-corrected chi connectivity index (χ2v) is 5.36. The summed E-state index contributed by atoms with van der Waals surface area (Å²) in [5.74, 6) is 0.988. The summed E-state index contributed by atoms with van der Waals surface area (Å²) < 4.78 is 6.01. The van der Waals surface area contributed by atoms with Gasteiger partial charge >= 0.3 is 0 Å². The predicted octanol–water partition coefficient (Wildman–Crippen LogP) is 2.95. The minimum Gasteiger partial charge on any atom is -0.367 e. The first kappa shape index (κ1) is 11.1. The third-order valence-corrected chi connectivity index (χ3v) is 3.54. The molecule has 0 spiro atoms. The normalized spacial score (nSPS) is 24.7. The van der Waals surface area contributed by atoms with Crippen molar-refractivity contribution >= 4 is 5.78 Å². The molecule has 0 aromatic rings. The fourth-order valence-electron chi connectivity index (χ4n) is 2.37. The first-order chi connectivity index (χ1) is 7.18. The zero-order chi connectivity index (χ0) is 10.8. The van der Waals surface area contributed by atoms with E-state index >= 15 is 0 Å². The van der Waals surface area contributed by atoms with E-state index in [9.17, 15) is 4.79 Å². The highest BCUT2D eigenvalue weighted by Gasteiger charge is 2.39. The maximum Gasteiger partial charge on any atom is 0.164 e. The Hall–Kier alpha value is -0.370. The Labute approximate surface area is 92.4 Å². The second-order valence-electron chi connectivity index (χ2n) is 5.36. The smallest absolute Gasteiger partial charge is 0.164 e. The summed E-state index contributed by atoms with van der Waals surface area (Å²) in [6.45, 7) is 3.96. The average Bonchev–Trinajstić information content (AvgIpc) is 2.92. The molecule has 0 aromatic heterocycles. The van der Waals surface area contributed by atoms with Crippen molar-refractivity contribution < 1.29 is 9.53 Å². The molecule has 0 radical (unpaired) electrons. The topological polar surface area (TPSA) is 26.3 Å². The van der Waals surface area contributed by atoms with Crippen molar-refractivity contribution in [1.29, 1.82) is 0 Å². The monoisotopic (exact) mass is 210 g/mol. The lowest BCUT2D eigenvalue weighted by molar-refractivity contribution is -0.139. The highest BCUT2D eigenvalue weighted by molar-refractivity contribution is 5.85. The van der Waals surface area contributed by atoms with E-state index in [4.69, 9.17) is 4.74 Å². The molecule has 0 saturated heterocycles. The van der Waals surface area contributed by atoms with E-state index in [2.05, 4.69) is 0 Å². The average molecular weight is 210 g/mol. The Morgan fingerprint density at radius 2 is 1.73 bits per heavy atom. The molecule has 2 aliphatic rings. The molecular formula is C13H22O2. The van der Waals surface area contributed by atoms with E-state index in [1.54, 1.807) is 0 Å². The predicted molar refractivity (Wildman–Crippen MR) is 59.7 cm³/mol. The van der Waals surface area contributed by atoms with Crippen LogP contribution >= 0.6 is 0 Å². The molecule has 0 aliphatic heterocycles. The van der Waals surface area contributed by atoms with Crippen LogP contribution in [0.2, 0.25) is 0 Å². The van der Waals surface area contributed by atoms with Crippen LogP contribution in [0.15, 0.2) is 0 Å². The van der Waals surface area contributed by atoms with Crippen molar-refractivity contribution in [1.82, 2.24) is 0 Å². The lowest BCUT2D eigenvalue weighted by atomic mass is 10.0. The van der Waals surface area contributed by atoms with Gasteiger partial charge in [-0.2, -0.15) is 0 Å². The third kappa shape index (κ3) is 2.81. The molecule has 2 saturated carbocycles. The number of hydrogen-bond acceptors (Lipinski definition) is 2. The quantitative estimate of drug-likeness (QED) is 0.697. The number of rotatable bonds is 5. The lowest BCUT2D eigenvalue weighted by Gasteiger charge is -2.22. The van der Waals surface area contributed by atoms with Gasteiger partial charge in [0, 0.05) is 5.92 Å². The zero-order valence-electron chi connectivity index (χ0n) is 9.87. The molecule has 15 heavy (non-hydrogen) atoms. The van der Waals surface area contributed by atoms with Crippen molar-refractivity contribution in [2.24, 2.45) is 11.8 Å². The lowest BCUT2D eigenvalue weighted by Crippen LogP contribution is -2.33. The van der Waals surface area contributed by atoms with Crippen LogP contribution in [0.4, 0.5) is 0 Å². The maximum absolute atomic E-state index is 12.0. The number of Topliss-reactive ketones (excluding diaryl/α,β-unsaturated/α-hetero) is 1. The van der Waals surface area contributed by atoms with Gasteiger partial charge in [-0.25, -0.2) is 0 Å². The SMILES string of the molecule is CC(C)C(=O)[C@@H](OC1CCCC1)C1CC1. The van der Waals surface area contributed by atoms with Crippen LogP contribution in [-0.2, 0) is 9.53 Å². The Balaban J connectivity index is 1.90. The van der Waals surface area contributed by atoms with Crippen molar-refractivity contribution in [2.45, 2.75) is 64.6 Å². The second kappa shape index (κ2) is 4.65. The molecule has 86 valence electrons. The number of ketones is 1. The van der Waals surface area contributed by atoms with Gasteiger partial charge in [0.2, 0.25) is 0 Å². The molecule has 0 aromatic carbocycles. The van der Waals surface area contributed by atoms with Crippen LogP contribution in [0.5, 0.6) is 0 Å². The Morgan fingerprint density at radius 1 is 1.13 bits per heavy atom. The van der Waals surface area contributed by atoms with E-state index in [1.165, 1.54) is 25.7 Å². The third-order valence-electron chi connectivity index (χ3n) is 3.54. The highest BCUT2D eigenvalue weighted by Crippen LogP contribution is 2.37. The fourth-order valence-corrected chi connectivity index (χ4v) is 2.37. The highest BCUT2D eigenvalue weighted by atomic mass is 16.5. The molecule has 2 nitrogen and oxygen atoms in total. The first-order valence-electron chi connectivity index (χ1n) is 6.37. The van der Waals surface area contributed by atoms with Gasteiger partial charge < -0.3 is 4.74 Å². The van der Waals surface area contributed by atoms with Gasteiger partial charge in [-0.05, 0) is 31.6 Å². The summed E-state index contributed by atoms with van der Waals surface area (Å²) in [4.78, 5) is 12.0. The Bertz CT molecular complexity index is 225. The van der Waals surface area contributed by atoms with Crippen LogP contribution in [-0.4, -0.2) is 18.0 Å². The fraction of sp³-hybridized carbons (Fsp3) is 0.923. The summed E-state index contributed by atoms with van der Waals surface area (Å²) >= 11 is 0. The molecule has 2 aliphatic carbocycles. The van der Waals surface area contributed by atoms with E-state index in [0.29, 0.717) is 17.8 Å². The first-order valence-corrected chi connectivity index (χ1v) is 6.37. The summed E-state index contributed by atoms with van der Waals surface area (Å²) in [6, 6.07) is 0. The van der Waals surface area contributed by atoms with Crippen LogP contribution in [0.1, 0.15) is 52.4 Å². The Morgan fingerprint density at radius 3 is 2.20 bits per heavy atom. The standard InChI is InChI=1S/C13H22O2/c1-9(2)12(14)13(10-7-8-10)15-11-5-3-4-6-11/h9-11,13H,3-8H2,1-2H3/t13-/m0/s1. The molecule has 2 heteroatoms. The van der Waals surface area contributed by atoms with Gasteiger partial charge in [-0.3, -0.25) is 4.79 Å². The van der Waals surface area contributed by atoms with E-state index in [-0.39, 0.29) is 12.0 Å². The van der Waals surface area contributed by atoms with Gasteiger partial charge in [0.15, 0.2) is 5.78 Å². The molecule has 2 fully saturated rings. The van der Waals surface area contributed by atoms with Crippen molar-refractivity contribution in [3.05, 3.63) is 0 Å². The van der Waals surface area contributed by atoms with Gasteiger partial charge in [-0.15, -0.1) is 0 Å². The van der Waals surface area contributed by atoms with Gasteiger partial charge in [0.1, 0.15) is 6.10 Å². The van der Waals surface area contributed by atoms with E-state index in [1.807, 2.05) is 13.8 Å². The summed E-state index contributed by atoms with van der Waals surface area (Å²) in [7, 11) is 0. The molecule has 0 bridgehead atoms. The molecule has 2 rings (SSSR count). The Kier molecular flexibility index (Phi) is 3.45. The van der Waals surface area contributed by atoms with Crippen LogP contribution in [0.25, 0.3) is 0 Å². The summed E-state index contributed by atoms with van der Waals surface area (Å²) in [5, 5.41) is 0. The van der Waals surface area contributed by atoms with Crippen molar-refractivity contribution in [2.75, 3.05) is 0 Å². The van der Waals surface area contributed by atoms with Gasteiger partial charge in [0.25, 0.3) is 0 Å². The summed E-state index contributed by atoms with van der Waals surface area (Å²) in [5.41, 5.74) is 0. The van der Waals surface area contributed by atoms with E-state index in [0.717, 1.165) is 12.8 Å². The largest absolute Gasteiger partial charge is 0.367 e. The van der Waals surface area contributed by atoms with E-state index < -0.39 is 0 Å². The molecule has 0 unspecified atom stereocenters. The number of hydrogen-bond donors (Lipinski definition) is 0. The maximum atomic E-state index is 12.0. The summed E-state index contributed by atoms with van der Waals surface area (Å²) in [6.07, 6.45) is 7.55. The minimum absolute atomic E-state index is 0.0758. The van der Waals surface area contributed by atoms with Gasteiger partial charge in [0.05, 0.1) is 6.10 Å².